The second-order valence-electron chi connectivity index (χ2n) is 11.9. The van der Waals surface area contributed by atoms with Gasteiger partial charge in [-0.05, 0) is 24.2 Å². The van der Waals surface area contributed by atoms with E-state index in [2.05, 4.69) is 10.3 Å². The predicted octanol–water partition coefficient (Wildman–Crippen LogP) is 2.75. The minimum absolute atomic E-state index is 0.0755. The van der Waals surface area contributed by atoms with Crippen molar-refractivity contribution in [1.29, 1.82) is 0 Å². The number of carboxylic acid groups (broad SMARTS) is 1. The van der Waals surface area contributed by atoms with E-state index < -0.39 is 17.9 Å². The van der Waals surface area contributed by atoms with Crippen molar-refractivity contribution in [2.45, 2.75) is 39.7 Å². The normalized spacial score (nSPS) is 21.8. The van der Waals surface area contributed by atoms with Crippen molar-refractivity contribution in [3.05, 3.63) is 42.1 Å². The SMILES string of the molecule is CCCCOC(=O)N1CCN(C(=O)[C@@H](NC(=O)c2cc(N3C[C@@H]4[C@H](C3)[C@@H]4C(=O)O)nc(-c3ccccc3)n2)C(C)C)CC1. The number of piperidine rings is 1. The number of nitrogens with zero attached hydrogens (tertiary/aromatic N) is 5. The molecule has 0 radical (unpaired) electrons. The number of hydrogen-bond acceptors (Lipinski definition) is 8. The first kappa shape index (κ1) is 30.2. The highest BCUT2D eigenvalue weighted by Gasteiger charge is 2.60. The Morgan fingerprint density at radius 1 is 1.00 bits per heavy atom. The van der Waals surface area contributed by atoms with E-state index in [1.807, 2.05) is 56.0 Å². The molecular weight excluding hydrogens is 552 g/mol. The molecule has 0 spiro atoms. The van der Waals surface area contributed by atoms with E-state index in [9.17, 15) is 24.3 Å². The van der Waals surface area contributed by atoms with Crippen LogP contribution in [-0.4, -0.2) is 101 Å². The number of anilines is 1. The van der Waals surface area contributed by atoms with Gasteiger partial charge in [-0.3, -0.25) is 14.4 Å². The summed E-state index contributed by atoms with van der Waals surface area (Å²) >= 11 is 0. The highest BCUT2D eigenvalue weighted by atomic mass is 16.6. The molecule has 3 heterocycles. The molecule has 3 aliphatic rings. The van der Waals surface area contributed by atoms with Crippen molar-refractivity contribution in [3.8, 4) is 11.4 Å². The fourth-order valence-electron chi connectivity index (χ4n) is 5.94. The Kier molecular flexibility index (Phi) is 9.12. The maximum atomic E-state index is 13.6. The topological polar surface area (TPSA) is 145 Å². The number of aliphatic carboxylic acids is 1. The zero-order valence-corrected chi connectivity index (χ0v) is 24.9. The lowest BCUT2D eigenvalue weighted by molar-refractivity contribution is -0.139. The molecule has 3 amide bonds. The van der Waals surface area contributed by atoms with Gasteiger partial charge in [-0.25, -0.2) is 14.8 Å². The van der Waals surface area contributed by atoms with E-state index in [1.165, 1.54) is 0 Å². The van der Waals surface area contributed by atoms with Crippen molar-refractivity contribution in [3.63, 3.8) is 0 Å². The summed E-state index contributed by atoms with van der Waals surface area (Å²) in [6.07, 6.45) is 1.39. The molecule has 1 aromatic carbocycles. The first-order chi connectivity index (χ1) is 20.7. The lowest BCUT2D eigenvalue weighted by Gasteiger charge is -2.36. The predicted molar refractivity (Wildman–Crippen MR) is 158 cm³/mol. The molecule has 2 saturated heterocycles. The number of piperazine rings is 1. The molecule has 0 unspecified atom stereocenters. The third kappa shape index (κ3) is 6.73. The molecule has 1 saturated carbocycles. The maximum absolute atomic E-state index is 13.6. The number of aromatic nitrogens is 2. The van der Waals surface area contributed by atoms with Crippen LogP contribution in [0.2, 0.25) is 0 Å². The number of unbranched alkanes of at least 4 members (excludes halogenated alkanes) is 1. The van der Waals surface area contributed by atoms with Crippen LogP contribution in [0, 0.1) is 23.7 Å². The van der Waals surface area contributed by atoms with Gasteiger partial charge >= 0.3 is 12.1 Å². The van der Waals surface area contributed by atoms with E-state index in [4.69, 9.17) is 9.72 Å². The zero-order valence-electron chi connectivity index (χ0n) is 24.9. The lowest BCUT2D eigenvalue weighted by atomic mass is 10.0. The van der Waals surface area contributed by atoms with Crippen molar-refractivity contribution in [2.24, 2.45) is 23.7 Å². The molecule has 1 aliphatic carbocycles. The number of carboxylic acids is 1. The quantitative estimate of drug-likeness (QED) is 0.398. The van der Waals surface area contributed by atoms with Gasteiger partial charge < -0.3 is 29.9 Å². The van der Waals surface area contributed by atoms with Crippen LogP contribution in [0.25, 0.3) is 11.4 Å². The van der Waals surface area contributed by atoms with Crippen LogP contribution in [0.1, 0.15) is 44.1 Å². The number of carbonyl (C=O) groups excluding carboxylic acids is 3. The van der Waals surface area contributed by atoms with Crippen LogP contribution in [-0.2, 0) is 14.3 Å². The standard InChI is InChI=1S/C31H40N6O6/c1-4-5-15-43-31(42)36-13-11-35(12-14-36)29(39)26(19(2)3)34-28(38)23-16-24(33-27(32-23)20-9-7-6-8-10-20)37-17-21-22(18-37)25(21)30(40)41/h6-10,16,19,21-22,25-26H,4-5,11-15,17-18H2,1-3H3,(H,34,38)(H,40,41)/t21-,22+,25-,26-/m0/s1. The smallest absolute Gasteiger partial charge is 0.409 e. The molecule has 0 bridgehead atoms. The average molecular weight is 593 g/mol. The van der Waals surface area contributed by atoms with Crippen LogP contribution in [0.4, 0.5) is 10.6 Å². The van der Waals surface area contributed by atoms with Gasteiger partial charge in [-0.1, -0.05) is 57.5 Å². The molecule has 2 N–H and O–H groups in total. The number of ether oxygens (including phenoxy) is 1. The van der Waals surface area contributed by atoms with Gasteiger partial charge in [-0.2, -0.15) is 0 Å². The van der Waals surface area contributed by atoms with Crippen LogP contribution >= 0.6 is 0 Å². The van der Waals surface area contributed by atoms with Crippen LogP contribution < -0.4 is 10.2 Å². The molecule has 12 nitrogen and oxygen atoms in total. The van der Waals surface area contributed by atoms with E-state index in [0.29, 0.717) is 57.5 Å². The average Bonchev–Trinajstić information content (AvgIpc) is 3.53. The van der Waals surface area contributed by atoms with Crippen LogP contribution in [0.5, 0.6) is 0 Å². The summed E-state index contributed by atoms with van der Waals surface area (Å²) in [7, 11) is 0. The molecule has 5 rings (SSSR count). The van der Waals surface area contributed by atoms with E-state index >= 15 is 0 Å². The zero-order chi connectivity index (χ0) is 30.7. The molecule has 2 aromatic rings. The Labute approximate surface area is 251 Å². The van der Waals surface area contributed by atoms with Gasteiger partial charge in [0.1, 0.15) is 17.6 Å². The van der Waals surface area contributed by atoms with Gasteiger partial charge in [0, 0.05) is 50.9 Å². The number of carbonyl (C=O) groups is 4. The summed E-state index contributed by atoms with van der Waals surface area (Å²) in [4.78, 5) is 65.6. The molecule has 2 aliphatic heterocycles. The Bertz CT molecular complexity index is 1330. The summed E-state index contributed by atoms with van der Waals surface area (Å²) in [5, 5.41) is 12.3. The number of nitrogens with one attached hydrogen (secondary N) is 1. The summed E-state index contributed by atoms with van der Waals surface area (Å²) in [6, 6.07) is 10.2. The van der Waals surface area contributed by atoms with Crippen LogP contribution in [0.3, 0.4) is 0 Å². The Morgan fingerprint density at radius 3 is 2.26 bits per heavy atom. The van der Waals surface area contributed by atoms with E-state index in [0.717, 1.165) is 18.4 Å². The van der Waals surface area contributed by atoms with Gasteiger partial charge in [0.15, 0.2) is 5.82 Å². The van der Waals surface area contributed by atoms with Crippen molar-refractivity contribution in [1.82, 2.24) is 25.1 Å². The molecule has 1 aromatic heterocycles. The summed E-state index contributed by atoms with van der Waals surface area (Å²) in [6.45, 7) is 8.71. The summed E-state index contributed by atoms with van der Waals surface area (Å²) < 4.78 is 5.30. The van der Waals surface area contributed by atoms with Gasteiger partial charge in [0.2, 0.25) is 5.91 Å². The fourth-order valence-corrected chi connectivity index (χ4v) is 5.94. The second-order valence-corrected chi connectivity index (χ2v) is 11.9. The number of hydrogen-bond donors (Lipinski definition) is 2. The summed E-state index contributed by atoms with van der Waals surface area (Å²) in [5.74, 6) is -0.878. The number of fused-ring (bicyclic) bond motifs is 1. The molecule has 43 heavy (non-hydrogen) atoms. The first-order valence-electron chi connectivity index (χ1n) is 15.1. The molecule has 12 heteroatoms. The van der Waals surface area contributed by atoms with Crippen molar-refractivity contribution in [2.75, 3.05) is 50.8 Å². The number of amides is 3. The van der Waals surface area contributed by atoms with E-state index in [1.54, 1.807) is 15.9 Å². The lowest BCUT2D eigenvalue weighted by Crippen LogP contribution is -2.57. The Hall–Kier alpha value is -4.22. The summed E-state index contributed by atoms with van der Waals surface area (Å²) in [5.41, 5.74) is 0.881. The third-order valence-electron chi connectivity index (χ3n) is 8.57. The monoisotopic (exact) mass is 592 g/mol. The molecule has 230 valence electrons. The second kappa shape index (κ2) is 13.0. The highest BCUT2D eigenvalue weighted by molar-refractivity contribution is 5.97. The van der Waals surface area contributed by atoms with Gasteiger partial charge in [0.05, 0.1) is 12.5 Å². The molecule has 4 atom stereocenters. The fraction of sp³-hybridized carbons (Fsp3) is 0.548. The highest BCUT2D eigenvalue weighted by Crippen LogP contribution is 2.52. The Morgan fingerprint density at radius 2 is 1.65 bits per heavy atom. The minimum Gasteiger partial charge on any atom is -0.481 e. The van der Waals surface area contributed by atoms with Gasteiger partial charge in [0.25, 0.3) is 5.91 Å². The van der Waals surface area contributed by atoms with Crippen LogP contribution in [0.15, 0.2) is 36.4 Å². The number of benzene rings is 1. The first-order valence-corrected chi connectivity index (χ1v) is 15.1. The van der Waals surface area contributed by atoms with Gasteiger partial charge in [-0.15, -0.1) is 0 Å². The number of rotatable bonds is 10. The largest absolute Gasteiger partial charge is 0.481 e. The Balaban J connectivity index is 1.28. The molecule has 3 fully saturated rings. The third-order valence-corrected chi connectivity index (χ3v) is 8.57. The maximum Gasteiger partial charge on any atom is 0.409 e. The van der Waals surface area contributed by atoms with Crippen molar-refractivity contribution < 1.29 is 29.0 Å². The van der Waals surface area contributed by atoms with E-state index in [-0.39, 0.29) is 41.4 Å². The molecular formula is C31H40N6O6. The van der Waals surface area contributed by atoms with Crippen molar-refractivity contribution >= 4 is 29.7 Å². The minimum atomic E-state index is -0.787.